The molecule has 0 saturated carbocycles. The van der Waals surface area contributed by atoms with Crippen molar-refractivity contribution < 1.29 is 13.2 Å². The van der Waals surface area contributed by atoms with Gasteiger partial charge in [-0.3, -0.25) is 4.99 Å². The molecule has 21 heavy (non-hydrogen) atoms. The van der Waals surface area contributed by atoms with Crippen LogP contribution in [-0.4, -0.2) is 59.2 Å². The lowest BCUT2D eigenvalue weighted by molar-refractivity contribution is 0.0258. The van der Waals surface area contributed by atoms with Crippen molar-refractivity contribution in [3.63, 3.8) is 0 Å². The monoisotopic (exact) mass is 321 g/mol. The third kappa shape index (κ3) is 11.5. The molecule has 0 heterocycles. The van der Waals surface area contributed by atoms with E-state index in [9.17, 15) is 8.42 Å². The van der Waals surface area contributed by atoms with Gasteiger partial charge in [0.2, 0.25) is 0 Å². The van der Waals surface area contributed by atoms with Crippen LogP contribution in [0.25, 0.3) is 0 Å². The van der Waals surface area contributed by atoms with Crippen LogP contribution in [0, 0.1) is 5.92 Å². The number of nitrogens with one attached hydrogen (secondary N) is 2. The number of nitrogens with zero attached hydrogens (tertiary/aromatic N) is 1. The maximum Gasteiger partial charge on any atom is 0.190 e. The summed E-state index contributed by atoms with van der Waals surface area (Å²) in [6, 6.07) is 0. The summed E-state index contributed by atoms with van der Waals surface area (Å²) in [7, 11) is -1.19. The van der Waals surface area contributed by atoms with Gasteiger partial charge >= 0.3 is 0 Å². The van der Waals surface area contributed by atoms with Crippen molar-refractivity contribution in [3.05, 3.63) is 0 Å². The number of aliphatic imine (C=N–C) groups is 1. The van der Waals surface area contributed by atoms with E-state index >= 15 is 0 Å². The number of hydrogen-bond acceptors (Lipinski definition) is 4. The van der Waals surface area contributed by atoms with Gasteiger partial charge in [-0.2, -0.15) is 0 Å². The minimum Gasteiger partial charge on any atom is -0.378 e. The van der Waals surface area contributed by atoms with Crippen LogP contribution >= 0.6 is 0 Å². The lowest BCUT2D eigenvalue weighted by atomic mass is 10.0. The summed E-state index contributed by atoms with van der Waals surface area (Å²) in [6.07, 6.45) is 2.98. The molecular weight excluding hydrogens is 290 g/mol. The minimum absolute atomic E-state index is 0.191. The molecule has 0 rings (SSSR count). The summed E-state index contributed by atoms with van der Waals surface area (Å²) < 4.78 is 27.7. The van der Waals surface area contributed by atoms with E-state index in [1.54, 1.807) is 7.05 Å². The highest BCUT2D eigenvalue weighted by atomic mass is 32.2. The number of sulfone groups is 1. The molecule has 126 valence electrons. The van der Waals surface area contributed by atoms with Gasteiger partial charge in [0.15, 0.2) is 5.96 Å². The lowest BCUT2D eigenvalue weighted by Crippen LogP contribution is -2.40. The first kappa shape index (κ1) is 20.2. The van der Waals surface area contributed by atoms with Crippen LogP contribution in [0.2, 0.25) is 0 Å². The van der Waals surface area contributed by atoms with Crippen molar-refractivity contribution in [3.8, 4) is 0 Å². The van der Waals surface area contributed by atoms with E-state index in [2.05, 4.69) is 29.5 Å². The Bertz CT molecular complexity index is 394. The predicted molar refractivity (Wildman–Crippen MR) is 88.6 cm³/mol. The van der Waals surface area contributed by atoms with Gasteiger partial charge in [0.25, 0.3) is 0 Å². The van der Waals surface area contributed by atoms with E-state index in [0.29, 0.717) is 24.8 Å². The molecule has 0 aliphatic heterocycles. The molecule has 0 fully saturated rings. The van der Waals surface area contributed by atoms with Gasteiger partial charge in [-0.05, 0) is 25.7 Å². The second-order valence-corrected chi connectivity index (χ2v) is 7.70. The normalized spacial score (nSPS) is 14.3. The molecular formula is C14H31N3O3S. The highest BCUT2D eigenvalue weighted by Gasteiger charge is 2.12. The first-order valence-corrected chi connectivity index (χ1v) is 9.60. The molecule has 0 aromatic heterocycles. The topological polar surface area (TPSA) is 79.8 Å². The van der Waals surface area contributed by atoms with Gasteiger partial charge < -0.3 is 15.4 Å². The van der Waals surface area contributed by atoms with Crippen LogP contribution in [0.15, 0.2) is 4.99 Å². The smallest absolute Gasteiger partial charge is 0.190 e. The fraction of sp³-hybridized carbons (Fsp3) is 0.929. The zero-order chi connectivity index (χ0) is 16.3. The zero-order valence-electron chi connectivity index (χ0n) is 14.0. The van der Waals surface area contributed by atoms with Gasteiger partial charge in [0.05, 0.1) is 11.9 Å². The van der Waals surface area contributed by atoms with Gasteiger partial charge in [-0.15, -0.1) is 0 Å². The number of guanidine groups is 1. The average molecular weight is 321 g/mol. The molecule has 0 radical (unpaired) electrons. The average Bonchev–Trinajstić information content (AvgIpc) is 2.38. The number of hydrogen-bond donors (Lipinski definition) is 2. The fourth-order valence-corrected chi connectivity index (χ4v) is 2.59. The molecule has 2 N–H and O–H groups in total. The first-order chi connectivity index (χ1) is 9.80. The minimum atomic E-state index is -2.89. The summed E-state index contributed by atoms with van der Waals surface area (Å²) in [5.74, 6) is 1.37. The Balaban J connectivity index is 3.95. The Kier molecular flexibility index (Phi) is 10.4. The van der Waals surface area contributed by atoms with Crippen molar-refractivity contribution >= 4 is 15.8 Å². The molecule has 0 aliphatic carbocycles. The second kappa shape index (κ2) is 10.8. The molecule has 0 amide bonds. The summed E-state index contributed by atoms with van der Waals surface area (Å²) >= 11 is 0. The van der Waals surface area contributed by atoms with Gasteiger partial charge in [-0.1, -0.05) is 13.8 Å². The van der Waals surface area contributed by atoms with Crippen molar-refractivity contribution in [2.75, 3.05) is 38.8 Å². The molecule has 1 unspecified atom stereocenters. The number of rotatable bonds is 10. The van der Waals surface area contributed by atoms with E-state index in [1.807, 2.05) is 6.92 Å². The maximum absolute atomic E-state index is 11.0. The SMILES string of the molecule is CCOC(CCNC(=NC)NCCCS(C)(=O)=O)C(C)C. The number of ether oxygens (including phenoxy) is 1. The van der Waals surface area contributed by atoms with E-state index in [1.165, 1.54) is 6.26 Å². The molecule has 7 heteroatoms. The molecule has 0 aliphatic rings. The van der Waals surface area contributed by atoms with Crippen LogP contribution < -0.4 is 10.6 Å². The van der Waals surface area contributed by atoms with Crippen molar-refractivity contribution in [2.45, 2.75) is 39.7 Å². The van der Waals surface area contributed by atoms with Crippen molar-refractivity contribution in [1.29, 1.82) is 0 Å². The molecule has 0 saturated heterocycles. The van der Waals surface area contributed by atoms with E-state index < -0.39 is 9.84 Å². The largest absolute Gasteiger partial charge is 0.378 e. The van der Waals surface area contributed by atoms with Gasteiger partial charge in [-0.25, -0.2) is 8.42 Å². The van der Waals surface area contributed by atoms with Gasteiger partial charge in [0.1, 0.15) is 9.84 Å². The predicted octanol–water partition coefficient (Wildman–Crippen LogP) is 1.04. The Morgan fingerprint density at radius 3 is 2.33 bits per heavy atom. The lowest BCUT2D eigenvalue weighted by Gasteiger charge is -2.21. The highest BCUT2D eigenvalue weighted by molar-refractivity contribution is 7.90. The standard InChI is InChI=1S/C14H31N3O3S/c1-6-20-13(12(2)3)8-10-17-14(15-4)16-9-7-11-21(5,18)19/h12-13H,6-11H2,1-5H3,(H2,15,16,17). The molecule has 0 bridgehead atoms. The van der Waals surface area contributed by atoms with Crippen LogP contribution in [0.3, 0.4) is 0 Å². The Hall–Kier alpha value is -0.820. The van der Waals surface area contributed by atoms with Crippen LogP contribution in [0.1, 0.15) is 33.6 Å². The van der Waals surface area contributed by atoms with E-state index in [-0.39, 0.29) is 11.9 Å². The van der Waals surface area contributed by atoms with Crippen molar-refractivity contribution in [2.24, 2.45) is 10.9 Å². The van der Waals surface area contributed by atoms with Crippen molar-refractivity contribution in [1.82, 2.24) is 10.6 Å². The molecule has 0 aromatic rings. The molecule has 0 aromatic carbocycles. The zero-order valence-corrected chi connectivity index (χ0v) is 14.8. The summed E-state index contributed by atoms with van der Waals surface area (Å²) in [6.45, 7) is 8.39. The third-order valence-electron chi connectivity index (χ3n) is 3.05. The third-order valence-corrected chi connectivity index (χ3v) is 4.08. The molecule has 1 atom stereocenters. The summed E-state index contributed by atoms with van der Waals surface area (Å²) in [5.41, 5.74) is 0. The Morgan fingerprint density at radius 2 is 1.86 bits per heavy atom. The molecule has 0 spiro atoms. The summed E-state index contributed by atoms with van der Waals surface area (Å²) in [5, 5.41) is 6.33. The quantitative estimate of drug-likeness (QED) is 0.357. The van der Waals surface area contributed by atoms with Crippen LogP contribution in [0.5, 0.6) is 0 Å². The summed E-state index contributed by atoms with van der Waals surface area (Å²) in [4.78, 5) is 4.11. The fourth-order valence-electron chi connectivity index (χ4n) is 1.92. The van der Waals surface area contributed by atoms with Gasteiger partial charge in [0, 0.05) is 33.0 Å². The second-order valence-electron chi connectivity index (χ2n) is 5.44. The van der Waals surface area contributed by atoms with E-state index in [0.717, 1.165) is 19.6 Å². The van der Waals surface area contributed by atoms with Crippen LogP contribution in [-0.2, 0) is 14.6 Å². The highest BCUT2D eigenvalue weighted by Crippen LogP contribution is 2.09. The Morgan fingerprint density at radius 1 is 1.24 bits per heavy atom. The first-order valence-electron chi connectivity index (χ1n) is 7.54. The van der Waals surface area contributed by atoms with Crippen LogP contribution in [0.4, 0.5) is 0 Å². The Labute approximate surface area is 129 Å². The molecule has 6 nitrogen and oxygen atoms in total. The maximum atomic E-state index is 11.0. The van der Waals surface area contributed by atoms with E-state index in [4.69, 9.17) is 4.74 Å².